The third-order valence-electron chi connectivity index (χ3n) is 1.14. The van der Waals surface area contributed by atoms with Gasteiger partial charge in [0.1, 0.15) is 0 Å². The maximum absolute atomic E-state index is 6.93. The van der Waals surface area contributed by atoms with Crippen LogP contribution in [0.2, 0.25) is 0 Å². The summed E-state index contributed by atoms with van der Waals surface area (Å²) in [5.74, 6) is 2.44. The van der Waals surface area contributed by atoms with Crippen molar-refractivity contribution in [2.24, 2.45) is 0 Å². The molecular weight excluding hydrogens is 160 g/mol. The fraction of sp³-hybridized carbons (Fsp3) is 1.00. The first kappa shape index (κ1) is 8.79. The Labute approximate surface area is 74.3 Å². The lowest BCUT2D eigenvalue weighted by Gasteiger charge is -1.97. The van der Waals surface area contributed by atoms with E-state index in [1.54, 1.807) is 0 Å². The van der Waals surface area contributed by atoms with Gasteiger partial charge in [-0.25, -0.2) is 0 Å². The Morgan fingerprint density at radius 2 is 1.90 bits per heavy atom. The van der Waals surface area contributed by atoms with E-state index >= 15 is 0 Å². The standard InChI is InChI=1S/C8H18S2/c1-3-5-6-8-10-9-7-4-2/h3-8H2,1-2H3/i2D. The van der Waals surface area contributed by atoms with Crippen LogP contribution < -0.4 is 0 Å². The van der Waals surface area contributed by atoms with Gasteiger partial charge in [0.15, 0.2) is 0 Å². The molecule has 0 aliphatic heterocycles. The van der Waals surface area contributed by atoms with Crippen molar-refractivity contribution in [3.8, 4) is 0 Å². The Morgan fingerprint density at radius 3 is 2.60 bits per heavy atom. The predicted molar refractivity (Wildman–Crippen MR) is 54.7 cm³/mol. The molecule has 0 heterocycles. The van der Waals surface area contributed by atoms with Gasteiger partial charge < -0.3 is 0 Å². The van der Waals surface area contributed by atoms with E-state index in [0.717, 1.165) is 12.2 Å². The van der Waals surface area contributed by atoms with E-state index in [1.165, 1.54) is 25.0 Å². The van der Waals surface area contributed by atoms with Gasteiger partial charge in [-0.1, -0.05) is 48.3 Å². The van der Waals surface area contributed by atoms with Gasteiger partial charge in [-0.3, -0.25) is 0 Å². The zero-order valence-corrected chi connectivity index (χ0v) is 8.40. The van der Waals surface area contributed by atoms with Gasteiger partial charge in [-0.15, -0.1) is 0 Å². The summed E-state index contributed by atoms with van der Waals surface area (Å²) in [4.78, 5) is 0. The fourth-order valence-electron chi connectivity index (χ4n) is 0.588. The van der Waals surface area contributed by atoms with E-state index in [0.29, 0.717) is 6.90 Å². The quantitative estimate of drug-likeness (QED) is 0.428. The molecule has 0 atom stereocenters. The van der Waals surface area contributed by atoms with Crippen LogP contribution in [-0.4, -0.2) is 11.5 Å². The minimum absolute atomic E-state index is 0.586. The lowest BCUT2D eigenvalue weighted by atomic mass is 10.3. The summed E-state index contributed by atoms with van der Waals surface area (Å²) in [5.41, 5.74) is 0. The minimum Gasteiger partial charge on any atom is -0.0942 e. The molecule has 0 aromatic rings. The van der Waals surface area contributed by atoms with Crippen molar-refractivity contribution in [3.05, 3.63) is 0 Å². The SMILES string of the molecule is [2H]CCCSSCCCCC. The van der Waals surface area contributed by atoms with Crippen LogP contribution in [0.4, 0.5) is 0 Å². The van der Waals surface area contributed by atoms with Crippen molar-refractivity contribution < 1.29 is 1.37 Å². The van der Waals surface area contributed by atoms with E-state index in [1.807, 2.05) is 21.6 Å². The third-order valence-corrected chi connectivity index (χ3v) is 3.72. The number of rotatable bonds is 7. The van der Waals surface area contributed by atoms with E-state index in [4.69, 9.17) is 1.37 Å². The van der Waals surface area contributed by atoms with E-state index < -0.39 is 0 Å². The van der Waals surface area contributed by atoms with Crippen LogP contribution in [0.1, 0.15) is 40.9 Å². The molecule has 0 bridgehead atoms. The summed E-state index contributed by atoms with van der Waals surface area (Å²) >= 11 is 0. The maximum atomic E-state index is 6.93. The van der Waals surface area contributed by atoms with Crippen LogP contribution in [0, 0.1) is 0 Å². The van der Waals surface area contributed by atoms with Crippen molar-refractivity contribution >= 4 is 21.6 Å². The molecule has 0 fully saturated rings. The normalized spacial score (nSPS) is 11.5. The molecule has 0 rings (SSSR count). The van der Waals surface area contributed by atoms with E-state index in [-0.39, 0.29) is 0 Å². The molecule has 0 aliphatic carbocycles. The Morgan fingerprint density at radius 1 is 1.10 bits per heavy atom. The molecule has 0 aromatic carbocycles. The second-order valence-electron chi connectivity index (χ2n) is 2.20. The third kappa shape index (κ3) is 8.70. The monoisotopic (exact) mass is 179 g/mol. The van der Waals surface area contributed by atoms with Crippen LogP contribution in [0.3, 0.4) is 0 Å². The Bertz CT molecular complexity index is 61.1. The highest BCUT2D eigenvalue weighted by Gasteiger charge is 1.88. The van der Waals surface area contributed by atoms with Gasteiger partial charge in [0.05, 0.1) is 0 Å². The first-order valence-electron chi connectivity index (χ1n) is 4.66. The summed E-state index contributed by atoms with van der Waals surface area (Å²) in [6.07, 6.45) is 5.09. The number of hydrogen-bond acceptors (Lipinski definition) is 2. The van der Waals surface area contributed by atoms with Gasteiger partial charge in [0, 0.05) is 12.9 Å². The second kappa shape index (κ2) is 9.70. The van der Waals surface area contributed by atoms with E-state index in [9.17, 15) is 0 Å². The van der Waals surface area contributed by atoms with Gasteiger partial charge in [-0.05, 0) is 12.8 Å². The largest absolute Gasteiger partial charge is 0.0942 e. The van der Waals surface area contributed by atoms with Gasteiger partial charge in [-0.2, -0.15) is 0 Å². The van der Waals surface area contributed by atoms with Crippen LogP contribution >= 0.6 is 21.6 Å². The summed E-state index contributed by atoms with van der Waals surface area (Å²) in [6, 6.07) is 0. The molecular formula is C8H18S2. The molecule has 0 aliphatic rings. The predicted octanol–water partition coefficient (Wildman–Crippen LogP) is 3.97. The molecule has 62 valence electrons. The van der Waals surface area contributed by atoms with Crippen LogP contribution in [-0.2, 0) is 0 Å². The first-order chi connectivity index (χ1) is 5.41. The van der Waals surface area contributed by atoms with Crippen molar-refractivity contribution in [2.75, 3.05) is 11.5 Å². The molecule has 0 N–H and O–H groups in total. The smallest absolute Gasteiger partial charge is 0.0231 e. The Hall–Kier alpha value is 0.700. The molecule has 2 heteroatoms. The molecule has 0 spiro atoms. The van der Waals surface area contributed by atoms with Gasteiger partial charge in [0.2, 0.25) is 0 Å². The zero-order valence-electron chi connectivity index (χ0n) is 7.77. The molecule has 0 saturated heterocycles. The van der Waals surface area contributed by atoms with Crippen molar-refractivity contribution in [1.82, 2.24) is 0 Å². The maximum Gasteiger partial charge on any atom is 0.0231 e. The Kier molecular flexibility index (Phi) is 8.53. The lowest BCUT2D eigenvalue weighted by Crippen LogP contribution is -1.76. The fourth-order valence-corrected chi connectivity index (χ4v) is 2.68. The number of hydrogen-bond donors (Lipinski definition) is 0. The molecule has 0 saturated carbocycles. The minimum atomic E-state index is 0.586. The molecule has 0 amide bonds. The summed E-state index contributed by atoms with van der Waals surface area (Å²) in [5, 5.41) is 0. The second-order valence-corrected chi connectivity index (χ2v) is 4.91. The molecule has 10 heavy (non-hydrogen) atoms. The average molecular weight is 179 g/mol. The van der Waals surface area contributed by atoms with Crippen molar-refractivity contribution in [1.29, 1.82) is 0 Å². The highest BCUT2D eigenvalue weighted by atomic mass is 33.1. The van der Waals surface area contributed by atoms with Crippen LogP contribution in [0.5, 0.6) is 0 Å². The van der Waals surface area contributed by atoms with Gasteiger partial charge >= 0.3 is 0 Å². The molecule has 0 nitrogen and oxygen atoms in total. The lowest BCUT2D eigenvalue weighted by molar-refractivity contribution is 0.779. The molecule has 0 aromatic heterocycles. The van der Waals surface area contributed by atoms with Crippen LogP contribution in [0.25, 0.3) is 0 Å². The Balaban J connectivity index is 2.69. The summed E-state index contributed by atoms with van der Waals surface area (Å²) in [6.45, 7) is 2.82. The van der Waals surface area contributed by atoms with E-state index in [2.05, 4.69) is 6.92 Å². The summed E-state index contributed by atoms with van der Waals surface area (Å²) < 4.78 is 6.93. The first-order valence-corrected chi connectivity index (χ1v) is 6.44. The number of unbranched alkanes of at least 4 members (excludes halogenated alkanes) is 2. The molecule has 0 unspecified atom stereocenters. The molecule has 0 radical (unpaired) electrons. The highest BCUT2D eigenvalue weighted by Crippen LogP contribution is 2.22. The van der Waals surface area contributed by atoms with Crippen molar-refractivity contribution in [3.63, 3.8) is 0 Å². The highest BCUT2D eigenvalue weighted by molar-refractivity contribution is 8.76. The zero-order chi connectivity index (χ0) is 8.36. The topological polar surface area (TPSA) is 0 Å². The van der Waals surface area contributed by atoms with Gasteiger partial charge in [0.25, 0.3) is 0 Å². The summed E-state index contributed by atoms with van der Waals surface area (Å²) in [7, 11) is 3.89. The van der Waals surface area contributed by atoms with Crippen molar-refractivity contribution in [2.45, 2.75) is 39.5 Å². The average Bonchev–Trinajstić information content (AvgIpc) is 2.03. The van der Waals surface area contributed by atoms with Crippen LogP contribution in [0.15, 0.2) is 0 Å².